The van der Waals surface area contributed by atoms with Crippen molar-refractivity contribution >= 4 is 11.9 Å². The third-order valence-electron chi connectivity index (χ3n) is 5.93. The largest absolute Gasteiger partial charge is 0.480 e. The number of anilines is 1. The predicted molar refractivity (Wildman–Crippen MR) is 135 cm³/mol. The Morgan fingerprint density at radius 3 is 2.15 bits per heavy atom. The van der Waals surface area contributed by atoms with E-state index in [4.69, 9.17) is 21.3 Å². The van der Waals surface area contributed by atoms with Crippen LogP contribution in [0.25, 0.3) is 22.4 Å². The van der Waals surface area contributed by atoms with Crippen LogP contribution in [0.3, 0.4) is 0 Å². The van der Waals surface area contributed by atoms with E-state index in [0.29, 0.717) is 11.1 Å². The molecule has 2 unspecified atom stereocenters. The summed E-state index contributed by atoms with van der Waals surface area (Å²) in [4.78, 5) is 22.4. The fraction of sp³-hybridized carbons (Fsp3) is 0.185. The summed E-state index contributed by atoms with van der Waals surface area (Å²) in [5, 5.41) is 8.96. The average Bonchev–Trinajstić information content (AvgIpc) is 2.91. The van der Waals surface area contributed by atoms with Gasteiger partial charge in [0.05, 0.1) is 11.3 Å². The molecule has 2 heterocycles. The lowest BCUT2D eigenvalue weighted by atomic mass is 9.99. The van der Waals surface area contributed by atoms with Crippen LogP contribution in [0.15, 0.2) is 73.1 Å². The highest BCUT2D eigenvalue weighted by Crippen LogP contribution is 2.40. The summed E-state index contributed by atoms with van der Waals surface area (Å²) in [6.07, 6.45) is -10.1. The first-order chi connectivity index (χ1) is 19.2. The molecular formula is C27H21F6N5O3. The molecular weight excluding hydrogens is 556 g/mol. The van der Waals surface area contributed by atoms with Crippen molar-refractivity contribution in [3.8, 4) is 28.3 Å². The van der Waals surface area contributed by atoms with Crippen molar-refractivity contribution in [3.05, 3.63) is 89.7 Å². The minimum absolute atomic E-state index is 0.0106. The molecule has 0 aliphatic rings. The maximum Gasteiger partial charge on any atom is 0.429 e. The summed E-state index contributed by atoms with van der Waals surface area (Å²) in [7, 11) is 0. The fourth-order valence-electron chi connectivity index (χ4n) is 3.96. The van der Waals surface area contributed by atoms with Gasteiger partial charge in [-0.25, -0.2) is 4.98 Å². The van der Waals surface area contributed by atoms with Crippen LogP contribution >= 0.6 is 0 Å². The number of carbonyl (C=O) groups is 1. The second-order valence-corrected chi connectivity index (χ2v) is 8.88. The molecule has 0 aliphatic heterocycles. The number of ether oxygens (including phenoxy) is 1. The summed E-state index contributed by atoms with van der Waals surface area (Å²) < 4.78 is 87.5. The van der Waals surface area contributed by atoms with Gasteiger partial charge in [0.1, 0.15) is 6.04 Å². The van der Waals surface area contributed by atoms with E-state index < -0.39 is 47.5 Å². The molecule has 214 valence electrons. The molecule has 0 saturated carbocycles. The van der Waals surface area contributed by atoms with E-state index in [0.717, 1.165) is 48.8 Å². The van der Waals surface area contributed by atoms with Gasteiger partial charge in [-0.05, 0) is 23.6 Å². The molecule has 5 N–H and O–H groups in total. The van der Waals surface area contributed by atoms with Crippen LogP contribution in [0.4, 0.5) is 32.3 Å². The molecule has 2 aromatic carbocycles. The van der Waals surface area contributed by atoms with Gasteiger partial charge in [-0.2, -0.15) is 31.3 Å². The quantitative estimate of drug-likeness (QED) is 0.236. The van der Waals surface area contributed by atoms with Crippen molar-refractivity contribution in [3.63, 3.8) is 0 Å². The zero-order valence-electron chi connectivity index (χ0n) is 20.8. The lowest BCUT2D eigenvalue weighted by Gasteiger charge is -2.22. The standard InChI is InChI=1S/C27H21F6N5O3/c28-26(29,30)19-9-10-36-13-18(19)15-5-7-17(8-6-15)23(27(31,32)33)41-22-12-21(37-25(35)38-22)16-3-1-14(2-4-16)11-20(34)24(39)40/h1-10,12-13,20,23H,11,34H2,(H,39,40)(H2,35,37,38). The number of halogens is 6. The van der Waals surface area contributed by atoms with Crippen LogP contribution in [0.1, 0.15) is 22.8 Å². The minimum Gasteiger partial charge on any atom is -0.480 e. The Morgan fingerprint density at radius 2 is 1.56 bits per heavy atom. The molecule has 14 heteroatoms. The summed E-state index contributed by atoms with van der Waals surface area (Å²) >= 11 is 0. The maximum absolute atomic E-state index is 14.1. The van der Waals surface area contributed by atoms with Gasteiger partial charge in [-0.1, -0.05) is 48.5 Å². The number of nitrogens with two attached hydrogens (primary N) is 2. The van der Waals surface area contributed by atoms with Crippen molar-refractivity contribution < 1.29 is 41.0 Å². The highest BCUT2D eigenvalue weighted by atomic mass is 19.4. The molecule has 41 heavy (non-hydrogen) atoms. The Hall–Kier alpha value is -4.72. The van der Waals surface area contributed by atoms with E-state index in [1.54, 1.807) is 24.3 Å². The summed E-state index contributed by atoms with van der Waals surface area (Å²) in [6, 6.07) is 11.3. The molecule has 0 bridgehead atoms. The third-order valence-corrected chi connectivity index (χ3v) is 5.93. The first-order valence-corrected chi connectivity index (χ1v) is 11.8. The van der Waals surface area contributed by atoms with E-state index in [2.05, 4.69) is 15.0 Å². The lowest BCUT2D eigenvalue weighted by Crippen LogP contribution is -2.32. The number of pyridine rings is 1. The highest BCUT2D eigenvalue weighted by Gasteiger charge is 2.43. The second-order valence-electron chi connectivity index (χ2n) is 8.88. The second kappa shape index (κ2) is 11.4. The van der Waals surface area contributed by atoms with Crippen molar-refractivity contribution in [1.82, 2.24) is 15.0 Å². The zero-order chi connectivity index (χ0) is 29.9. The van der Waals surface area contributed by atoms with Gasteiger partial charge in [-0.15, -0.1) is 0 Å². The van der Waals surface area contributed by atoms with Gasteiger partial charge in [0.15, 0.2) is 0 Å². The van der Waals surface area contributed by atoms with Gasteiger partial charge in [0, 0.05) is 35.2 Å². The fourth-order valence-corrected chi connectivity index (χ4v) is 3.96. The number of benzene rings is 2. The average molecular weight is 577 g/mol. The van der Waals surface area contributed by atoms with Crippen molar-refractivity contribution in [2.24, 2.45) is 5.73 Å². The normalized spacial score (nSPS) is 13.4. The topological polar surface area (TPSA) is 137 Å². The van der Waals surface area contributed by atoms with Crippen LogP contribution in [0, 0.1) is 0 Å². The Labute approximate surface area is 228 Å². The third kappa shape index (κ3) is 7.08. The number of aromatic nitrogens is 3. The molecule has 0 fully saturated rings. The van der Waals surface area contributed by atoms with E-state index in [-0.39, 0.29) is 29.2 Å². The smallest absolute Gasteiger partial charge is 0.429 e. The van der Waals surface area contributed by atoms with Crippen LogP contribution in [-0.4, -0.2) is 38.2 Å². The number of alkyl halides is 6. The number of hydrogen-bond acceptors (Lipinski definition) is 7. The Kier molecular flexibility index (Phi) is 8.14. The lowest BCUT2D eigenvalue weighted by molar-refractivity contribution is -0.198. The first kappa shape index (κ1) is 29.3. The summed E-state index contributed by atoms with van der Waals surface area (Å²) in [6.45, 7) is 0. The minimum atomic E-state index is -4.93. The predicted octanol–water partition coefficient (Wildman–Crippen LogP) is 5.44. The number of rotatable bonds is 8. The van der Waals surface area contributed by atoms with Crippen molar-refractivity contribution in [2.75, 3.05) is 5.73 Å². The Bertz CT molecular complexity index is 1530. The number of nitrogen functional groups attached to an aromatic ring is 1. The van der Waals surface area contributed by atoms with Crippen LogP contribution < -0.4 is 16.2 Å². The number of hydrogen-bond donors (Lipinski definition) is 3. The summed E-state index contributed by atoms with van der Waals surface area (Å²) in [5.74, 6) is -2.04. The van der Waals surface area contributed by atoms with Gasteiger partial charge in [0.2, 0.25) is 17.9 Å². The van der Waals surface area contributed by atoms with Crippen molar-refractivity contribution in [2.45, 2.75) is 30.9 Å². The van der Waals surface area contributed by atoms with E-state index in [1.807, 2.05) is 0 Å². The van der Waals surface area contributed by atoms with E-state index in [9.17, 15) is 31.1 Å². The molecule has 0 aliphatic carbocycles. The molecule has 8 nitrogen and oxygen atoms in total. The Balaban J connectivity index is 1.61. The number of aliphatic carboxylic acids is 1. The number of carboxylic acid groups (broad SMARTS) is 1. The first-order valence-electron chi connectivity index (χ1n) is 11.8. The Morgan fingerprint density at radius 1 is 0.927 bits per heavy atom. The highest BCUT2D eigenvalue weighted by molar-refractivity contribution is 5.73. The van der Waals surface area contributed by atoms with Gasteiger partial charge >= 0.3 is 18.3 Å². The van der Waals surface area contributed by atoms with Gasteiger partial charge < -0.3 is 21.3 Å². The SMILES string of the molecule is Nc1nc(OC(c2ccc(-c3cnccc3C(F)(F)F)cc2)C(F)(F)F)cc(-c2ccc(CC(N)C(=O)O)cc2)n1. The molecule has 0 radical (unpaired) electrons. The summed E-state index contributed by atoms with van der Waals surface area (Å²) in [5.41, 5.74) is 10.8. The molecule has 2 atom stereocenters. The van der Waals surface area contributed by atoms with Crippen LogP contribution in [0.5, 0.6) is 5.88 Å². The van der Waals surface area contributed by atoms with Gasteiger partial charge in [0.25, 0.3) is 0 Å². The van der Waals surface area contributed by atoms with Crippen LogP contribution in [0.2, 0.25) is 0 Å². The number of carboxylic acids is 1. The maximum atomic E-state index is 14.1. The van der Waals surface area contributed by atoms with Crippen LogP contribution in [-0.2, 0) is 17.4 Å². The molecule has 4 rings (SSSR count). The molecule has 0 saturated heterocycles. The molecule has 2 aromatic heterocycles. The molecule has 4 aromatic rings. The van der Waals surface area contributed by atoms with Gasteiger partial charge in [-0.3, -0.25) is 9.78 Å². The molecule has 0 amide bonds. The van der Waals surface area contributed by atoms with E-state index in [1.165, 1.54) is 0 Å². The van der Waals surface area contributed by atoms with E-state index >= 15 is 0 Å². The zero-order valence-corrected chi connectivity index (χ0v) is 20.8. The monoisotopic (exact) mass is 577 g/mol. The molecule has 0 spiro atoms. The number of nitrogens with zero attached hydrogens (tertiary/aromatic N) is 3. The van der Waals surface area contributed by atoms with Crippen molar-refractivity contribution in [1.29, 1.82) is 0 Å².